The van der Waals surface area contributed by atoms with Crippen LogP contribution in [-0.2, 0) is 5.75 Å². The lowest BCUT2D eigenvalue weighted by molar-refractivity contribution is 0.617. The third-order valence-corrected chi connectivity index (χ3v) is 3.74. The highest BCUT2D eigenvalue weighted by atomic mass is 79.9. The molecule has 0 spiro atoms. The number of rotatable bonds is 3. The third kappa shape index (κ3) is 3.20. The largest absolute Gasteiger partial charge is 0.397 e. The van der Waals surface area contributed by atoms with Crippen LogP contribution in [0, 0.1) is 5.82 Å². The second-order valence-corrected chi connectivity index (χ2v) is 5.30. The Kier molecular flexibility index (Phi) is 4.02. The van der Waals surface area contributed by atoms with Crippen molar-refractivity contribution in [1.29, 1.82) is 0 Å². The number of pyridine rings is 1. The number of aromatic nitrogens is 1. The van der Waals surface area contributed by atoms with E-state index in [0.29, 0.717) is 17.0 Å². The first-order chi connectivity index (χ1) is 8.16. The van der Waals surface area contributed by atoms with Crippen molar-refractivity contribution in [3.05, 3.63) is 52.4 Å². The number of nitrogens with zero attached hydrogens (tertiary/aromatic N) is 1. The molecule has 17 heavy (non-hydrogen) atoms. The van der Waals surface area contributed by atoms with Gasteiger partial charge in [0.25, 0.3) is 0 Å². The number of halogens is 2. The molecule has 0 radical (unpaired) electrons. The average Bonchev–Trinajstić information content (AvgIpc) is 2.32. The molecule has 0 aliphatic rings. The summed E-state index contributed by atoms with van der Waals surface area (Å²) in [6.45, 7) is 0. The number of hydrogen-bond acceptors (Lipinski definition) is 3. The second-order valence-electron chi connectivity index (χ2n) is 3.42. The van der Waals surface area contributed by atoms with Crippen molar-refractivity contribution < 1.29 is 4.39 Å². The Hall–Kier alpha value is -1.07. The van der Waals surface area contributed by atoms with Gasteiger partial charge in [-0.3, -0.25) is 0 Å². The van der Waals surface area contributed by atoms with Crippen molar-refractivity contribution in [2.24, 2.45) is 0 Å². The van der Waals surface area contributed by atoms with E-state index < -0.39 is 0 Å². The predicted molar refractivity (Wildman–Crippen MR) is 72.3 cm³/mol. The number of nitrogen functional groups attached to an aromatic ring is 1. The highest BCUT2D eigenvalue weighted by molar-refractivity contribution is 9.10. The zero-order valence-electron chi connectivity index (χ0n) is 8.86. The molecule has 2 N–H and O–H groups in total. The van der Waals surface area contributed by atoms with Gasteiger partial charge in [0.05, 0.1) is 5.69 Å². The zero-order chi connectivity index (χ0) is 12.3. The van der Waals surface area contributed by atoms with Crippen molar-refractivity contribution in [3.63, 3.8) is 0 Å². The molecule has 2 rings (SSSR count). The summed E-state index contributed by atoms with van der Waals surface area (Å²) in [5.74, 6) is 0.294. The maximum atomic E-state index is 13.5. The molecule has 2 aromatic rings. The fourth-order valence-corrected chi connectivity index (χ4v) is 2.62. The topological polar surface area (TPSA) is 38.9 Å². The van der Waals surface area contributed by atoms with Crippen LogP contribution in [0.4, 0.5) is 10.1 Å². The van der Waals surface area contributed by atoms with Crippen LogP contribution < -0.4 is 5.73 Å². The lowest BCUT2D eigenvalue weighted by Gasteiger charge is -2.05. The fourth-order valence-electron chi connectivity index (χ4n) is 1.32. The quantitative estimate of drug-likeness (QED) is 0.875. The molecule has 0 unspecified atom stereocenters. The molecule has 1 aromatic carbocycles. The number of benzene rings is 1. The van der Waals surface area contributed by atoms with Crippen molar-refractivity contribution in [1.82, 2.24) is 4.98 Å². The Morgan fingerprint density at radius 3 is 2.94 bits per heavy atom. The monoisotopic (exact) mass is 312 g/mol. The van der Waals surface area contributed by atoms with E-state index in [1.54, 1.807) is 30.5 Å². The van der Waals surface area contributed by atoms with Gasteiger partial charge in [-0.1, -0.05) is 27.7 Å². The molecule has 1 aromatic heterocycles. The van der Waals surface area contributed by atoms with E-state index in [1.807, 2.05) is 0 Å². The SMILES string of the molecule is Nc1cccnc1SCc1cc(Br)ccc1F. The highest BCUT2D eigenvalue weighted by Crippen LogP contribution is 2.27. The van der Waals surface area contributed by atoms with Gasteiger partial charge < -0.3 is 5.73 Å². The fraction of sp³-hybridized carbons (Fsp3) is 0.0833. The van der Waals surface area contributed by atoms with Crippen LogP contribution in [0.2, 0.25) is 0 Å². The zero-order valence-corrected chi connectivity index (χ0v) is 11.3. The first-order valence-electron chi connectivity index (χ1n) is 4.94. The Labute approximate surface area is 112 Å². The van der Waals surface area contributed by atoms with Crippen LogP contribution in [0.5, 0.6) is 0 Å². The molecule has 0 fully saturated rings. The first-order valence-corrected chi connectivity index (χ1v) is 6.72. The normalized spacial score (nSPS) is 10.5. The van der Waals surface area contributed by atoms with E-state index in [4.69, 9.17) is 5.73 Å². The standard InChI is InChI=1S/C12H10BrFN2S/c13-9-3-4-10(14)8(6-9)7-17-12-11(15)2-1-5-16-12/h1-6H,7,15H2. The molecule has 1 heterocycles. The lowest BCUT2D eigenvalue weighted by Crippen LogP contribution is -1.92. The summed E-state index contributed by atoms with van der Waals surface area (Å²) < 4.78 is 14.4. The van der Waals surface area contributed by atoms with E-state index in [2.05, 4.69) is 20.9 Å². The van der Waals surface area contributed by atoms with Gasteiger partial charge in [-0.25, -0.2) is 9.37 Å². The van der Waals surface area contributed by atoms with Crippen molar-refractivity contribution in [3.8, 4) is 0 Å². The van der Waals surface area contributed by atoms with Crippen molar-refractivity contribution in [2.45, 2.75) is 10.8 Å². The van der Waals surface area contributed by atoms with E-state index in [0.717, 1.165) is 9.50 Å². The molecule has 0 amide bonds. The third-order valence-electron chi connectivity index (χ3n) is 2.17. The molecular formula is C12H10BrFN2S. The van der Waals surface area contributed by atoms with Gasteiger partial charge >= 0.3 is 0 Å². The van der Waals surface area contributed by atoms with Crippen LogP contribution in [-0.4, -0.2) is 4.98 Å². The molecule has 0 atom stereocenters. The summed E-state index contributed by atoms with van der Waals surface area (Å²) in [7, 11) is 0. The van der Waals surface area contributed by atoms with Crippen molar-refractivity contribution in [2.75, 3.05) is 5.73 Å². The van der Waals surface area contributed by atoms with Gasteiger partial charge in [0.15, 0.2) is 0 Å². The maximum Gasteiger partial charge on any atom is 0.127 e. The summed E-state index contributed by atoms with van der Waals surface area (Å²) in [5, 5.41) is 0.729. The Morgan fingerprint density at radius 2 is 2.18 bits per heavy atom. The number of thioether (sulfide) groups is 1. The van der Waals surface area contributed by atoms with Gasteiger partial charge in [0.2, 0.25) is 0 Å². The predicted octanol–water partition coefficient (Wildman–Crippen LogP) is 3.86. The van der Waals surface area contributed by atoms with E-state index in [1.165, 1.54) is 17.8 Å². The van der Waals surface area contributed by atoms with E-state index in [9.17, 15) is 4.39 Å². The minimum absolute atomic E-state index is 0.213. The van der Waals surface area contributed by atoms with Crippen LogP contribution in [0.15, 0.2) is 46.0 Å². The van der Waals surface area contributed by atoms with Crippen molar-refractivity contribution >= 4 is 33.4 Å². The van der Waals surface area contributed by atoms with Crippen LogP contribution >= 0.6 is 27.7 Å². The van der Waals surface area contributed by atoms with Crippen LogP contribution in [0.1, 0.15) is 5.56 Å². The number of nitrogens with two attached hydrogens (primary N) is 1. The summed E-state index contributed by atoms with van der Waals surface area (Å²) >= 11 is 4.75. The first kappa shape index (κ1) is 12.4. The molecule has 0 bridgehead atoms. The van der Waals surface area contributed by atoms with Gasteiger partial charge in [-0.2, -0.15) is 0 Å². The highest BCUT2D eigenvalue weighted by Gasteiger charge is 2.06. The van der Waals surface area contributed by atoms with Gasteiger partial charge in [-0.15, -0.1) is 0 Å². The molecule has 5 heteroatoms. The number of anilines is 1. The van der Waals surface area contributed by atoms with Crippen LogP contribution in [0.3, 0.4) is 0 Å². The van der Waals surface area contributed by atoms with E-state index >= 15 is 0 Å². The van der Waals surface area contributed by atoms with E-state index in [-0.39, 0.29) is 5.82 Å². The lowest BCUT2D eigenvalue weighted by atomic mass is 10.2. The minimum Gasteiger partial charge on any atom is -0.397 e. The summed E-state index contributed by atoms with van der Waals surface area (Å²) in [5.41, 5.74) is 7.02. The molecule has 0 aliphatic heterocycles. The smallest absolute Gasteiger partial charge is 0.127 e. The summed E-state index contributed by atoms with van der Waals surface area (Å²) in [6.07, 6.45) is 1.68. The summed E-state index contributed by atoms with van der Waals surface area (Å²) in [4.78, 5) is 4.15. The minimum atomic E-state index is -0.213. The van der Waals surface area contributed by atoms with Gasteiger partial charge in [0, 0.05) is 16.4 Å². The Morgan fingerprint density at radius 1 is 1.35 bits per heavy atom. The Balaban J connectivity index is 2.12. The molecular weight excluding hydrogens is 303 g/mol. The maximum absolute atomic E-state index is 13.5. The summed E-state index contributed by atoms with van der Waals surface area (Å²) in [6, 6.07) is 8.45. The molecule has 0 aliphatic carbocycles. The molecule has 0 saturated heterocycles. The molecule has 0 saturated carbocycles. The van der Waals surface area contributed by atoms with Gasteiger partial charge in [-0.05, 0) is 35.9 Å². The Bertz CT molecular complexity index is 534. The average molecular weight is 313 g/mol. The number of hydrogen-bond donors (Lipinski definition) is 1. The van der Waals surface area contributed by atoms with Crippen LogP contribution in [0.25, 0.3) is 0 Å². The van der Waals surface area contributed by atoms with Gasteiger partial charge in [0.1, 0.15) is 10.8 Å². The second kappa shape index (κ2) is 5.51. The molecule has 88 valence electrons. The molecule has 2 nitrogen and oxygen atoms in total.